The van der Waals surface area contributed by atoms with Gasteiger partial charge in [-0.25, -0.2) is 4.79 Å². The number of nitrogens with one attached hydrogen (secondary N) is 2. The predicted octanol–water partition coefficient (Wildman–Crippen LogP) is 1.27. The average Bonchev–Trinajstić information content (AvgIpc) is 2.45. The lowest BCUT2D eigenvalue weighted by Crippen LogP contribution is -2.56. The SMILES string of the molecule is CCC(C)NC(=O)NC(CC(C)C)C(=O)N1CCN(C)CC1. The molecule has 0 aromatic carbocycles. The predicted molar refractivity (Wildman–Crippen MR) is 88.7 cm³/mol. The van der Waals surface area contributed by atoms with E-state index in [0.717, 1.165) is 32.6 Å². The number of hydrogen-bond donors (Lipinski definition) is 2. The number of amides is 3. The second kappa shape index (κ2) is 8.98. The van der Waals surface area contributed by atoms with Crippen LogP contribution in [0.4, 0.5) is 4.79 Å². The first-order chi connectivity index (χ1) is 10.3. The molecule has 1 saturated heterocycles. The van der Waals surface area contributed by atoms with Crippen LogP contribution in [-0.4, -0.2) is 67.0 Å². The molecule has 0 aromatic rings. The van der Waals surface area contributed by atoms with Gasteiger partial charge < -0.3 is 20.4 Å². The van der Waals surface area contributed by atoms with E-state index in [1.54, 1.807) is 0 Å². The molecule has 128 valence electrons. The molecule has 2 unspecified atom stereocenters. The summed E-state index contributed by atoms with van der Waals surface area (Å²) in [5, 5.41) is 5.74. The molecule has 2 atom stereocenters. The zero-order chi connectivity index (χ0) is 16.7. The first-order valence-electron chi connectivity index (χ1n) is 8.37. The third-order valence-corrected chi connectivity index (χ3v) is 4.12. The van der Waals surface area contributed by atoms with Crippen LogP contribution < -0.4 is 10.6 Å². The van der Waals surface area contributed by atoms with Crippen molar-refractivity contribution in [3.63, 3.8) is 0 Å². The lowest BCUT2D eigenvalue weighted by atomic mass is 10.0. The van der Waals surface area contributed by atoms with E-state index < -0.39 is 6.04 Å². The quantitative estimate of drug-likeness (QED) is 0.776. The highest BCUT2D eigenvalue weighted by Crippen LogP contribution is 2.10. The summed E-state index contributed by atoms with van der Waals surface area (Å²) in [5.41, 5.74) is 0. The highest BCUT2D eigenvalue weighted by atomic mass is 16.2. The standard InChI is InChI=1S/C16H32N4O2/c1-6-13(4)17-16(22)18-14(11-12(2)3)15(21)20-9-7-19(5)8-10-20/h12-14H,6-11H2,1-5H3,(H2,17,18,22). The maximum atomic E-state index is 12.7. The minimum atomic E-state index is -0.438. The van der Waals surface area contributed by atoms with Gasteiger partial charge in [-0.1, -0.05) is 20.8 Å². The number of urea groups is 1. The molecule has 3 amide bonds. The van der Waals surface area contributed by atoms with Crippen molar-refractivity contribution in [1.82, 2.24) is 20.4 Å². The Labute approximate surface area is 134 Å². The summed E-state index contributed by atoms with van der Waals surface area (Å²) in [6, 6.07) is -0.576. The highest BCUT2D eigenvalue weighted by Gasteiger charge is 2.28. The zero-order valence-corrected chi connectivity index (χ0v) is 14.7. The molecule has 0 spiro atoms. The van der Waals surface area contributed by atoms with E-state index in [1.165, 1.54) is 0 Å². The fraction of sp³-hybridized carbons (Fsp3) is 0.875. The molecule has 0 saturated carbocycles. The van der Waals surface area contributed by atoms with Gasteiger partial charge in [-0.05, 0) is 32.7 Å². The summed E-state index contributed by atoms with van der Waals surface area (Å²) in [4.78, 5) is 28.8. The van der Waals surface area contributed by atoms with Crippen molar-refractivity contribution in [2.24, 2.45) is 5.92 Å². The smallest absolute Gasteiger partial charge is 0.315 e. The van der Waals surface area contributed by atoms with Gasteiger partial charge in [0.05, 0.1) is 0 Å². The number of likely N-dealkylation sites (N-methyl/N-ethyl adjacent to an activating group) is 1. The molecule has 0 aromatic heterocycles. The van der Waals surface area contributed by atoms with Gasteiger partial charge in [-0.3, -0.25) is 4.79 Å². The van der Waals surface area contributed by atoms with Crippen molar-refractivity contribution in [3.8, 4) is 0 Å². The molecule has 1 fully saturated rings. The van der Waals surface area contributed by atoms with Gasteiger partial charge in [-0.15, -0.1) is 0 Å². The first kappa shape index (κ1) is 18.7. The second-order valence-corrected chi connectivity index (χ2v) is 6.74. The molecule has 6 heteroatoms. The number of hydrogen-bond acceptors (Lipinski definition) is 3. The van der Waals surface area contributed by atoms with Gasteiger partial charge in [-0.2, -0.15) is 0 Å². The van der Waals surface area contributed by atoms with E-state index in [1.807, 2.05) is 18.7 Å². The van der Waals surface area contributed by atoms with Gasteiger partial charge in [0, 0.05) is 32.2 Å². The largest absolute Gasteiger partial charge is 0.338 e. The van der Waals surface area contributed by atoms with Gasteiger partial charge in [0.25, 0.3) is 0 Å². The molecule has 0 radical (unpaired) electrons. The molecular weight excluding hydrogens is 280 g/mol. The summed E-state index contributed by atoms with van der Waals surface area (Å²) in [6.07, 6.45) is 1.54. The van der Waals surface area contributed by atoms with Crippen LogP contribution >= 0.6 is 0 Å². The van der Waals surface area contributed by atoms with Crippen LogP contribution in [-0.2, 0) is 4.79 Å². The first-order valence-corrected chi connectivity index (χ1v) is 8.37. The van der Waals surface area contributed by atoms with Gasteiger partial charge in [0.2, 0.25) is 5.91 Å². The third kappa shape index (κ3) is 6.22. The second-order valence-electron chi connectivity index (χ2n) is 6.74. The Hall–Kier alpha value is -1.30. The van der Waals surface area contributed by atoms with Crippen LogP contribution in [0, 0.1) is 5.92 Å². The number of carbonyl (C=O) groups is 2. The fourth-order valence-corrected chi connectivity index (χ4v) is 2.47. The minimum absolute atomic E-state index is 0.0427. The topological polar surface area (TPSA) is 64.7 Å². The molecule has 1 heterocycles. The van der Waals surface area contributed by atoms with E-state index >= 15 is 0 Å². The van der Waals surface area contributed by atoms with Crippen LogP contribution in [0.3, 0.4) is 0 Å². The van der Waals surface area contributed by atoms with E-state index in [9.17, 15) is 9.59 Å². The van der Waals surface area contributed by atoms with E-state index in [4.69, 9.17) is 0 Å². The van der Waals surface area contributed by atoms with E-state index in [2.05, 4.69) is 36.4 Å². The molecule has 1 aliphatic heterocycles. The minimum Gasteiger partial charge on any atom is -0.338 e. The van der Waals surface area contributed by atoms with Crippen LogP contribution in [0.5, 0.6) is 0 Å². The molecule has 2 N–H and O–H groups in total. The van der Waals surface area contributed by atoms with E-state index in [0.29, 0.717) is 12.3 Å². The molecule has 1 aliphatic rings. The summed E-state index contributed by atoms with van der Waals surface area (Å²) in [7, 11) is 2.06. The highest BCUT2D eigenvalue weighted by molar-refractivity contribution is 5.87. The molecule has 0 aliphatic carbocycles. The van der Waals surface area contributed by atoms with Crippen molar-refractivity contribution < 1.29 is 9.59 Å². The van der Waals surface area contributed by atoms with Crippen molar-refractivity contribution in [2.75, 3.05) is 33.2 Å². The molecular formula is C16H32N4O2. The van der Waals surface area contributed by atoms with Crippen LogP contribution in [0.15, 0.2) is 0 Å². The zero-order valence-electron chi connectivity index (χ0n) is 14.7. The maximum absolute atomic E-state index is 12.7. The summed E-state index contributed by atoms with van der Waals surface area (Å²) in [5.74, 6) is 0.395. The number of carbonyl (C=O) groups excluding carboxylic acids is 2. The summed E-state index contributed by atoms with van der Waals surface area (Å²) >= 11 is 0. The lowest BCUT2D eigenvalue weighted by Gasteiger charge is -2.35. The van der Waals surface area contributed by atoms with Gasteiger partial charge >= 0.3 is 6.03 Å². The lowest BCUT2D eigenvalue weighted by molar-refractivity contribution is -0.135. The van der Waals surface area contributed by atoms with Gasteiger partial charge in [0.15, 0.2) is 0 Å². The number of rotatable bonds is 6. The fourth-order valence-electron chi connectivity index (χ4n) is 2.47. The van der Waals surface area contributed by atoms with Gasteiger partial charge in [0.1, 0.15) is 6.04 Å². The Morgan fingerprint density at radius 2 is 1.64 bits per heavy atom. The Morgan fingerprint density at radius 1 is 1.05 bits per heavy atom. The van der Waals surface area contributed by atoms with Crippen molar-refractivity contribution in [1.29, 1.82) is 0 Å². The van der Waals surface area contributed by atoms with E-state index in [-0.39, 0.29) is 18.0 Å². The van der Waals surface area contributed by atoms with Crippen molar-refractivity contribution >= 4 is 11.9 Å². The molecule has 0 bridgehead atoms. The maximum Gasteiger partial charge on any atom is 0.315 e. The Bertz CT molecular complexity index is 365. The average molecular weight is 312 g/mol. The normalized spacial score (nSPS) is 18.9. The monoisotopic (exact) mass is 312 g/mol. The summed E-state index contributed by atoms with van der Waals surface area (Å²) in [6.45, 7) is 11.4. The Morgan fingerprint density at radius 3 is 2.14 bits per heavy atom. The molecule has 22 heavy (non-hydrogen) atoms. The van der Waals surface area contributed by atoms with Crippen molar-refractivity contribution in [2.45, 2.75) is 52.6 Å². The molecule has 6 nitrogen and oxygen atoms in total. The summed E-state index contributed by atoms with van der Waals surface area (Å²) < 4.78 is 0. The molecule has 1 rings (SSSR count). The Balaban J connectivity index is 2.62. The van der Waals surface area contributed by atoms with Crippen LogP contribution in [0.25, 0.3) is 0 Å². The third-order valence-electron chi connectivity index (χ3n) is 4.12. The number of piperazine rings is 1. The number of nitrogens with zero attached hydrogens (tertiary/aromatic N) is 2. The van der Waals surface area contributed by atoms with Crippen LogP contribution in [0.1, 0.15) is 40.5 Å². The van der Waals surface area contributed by atoms with Crippen molar-refractivity contribution in [3.05, 3.63) is 0 Å². The van der Waals surface area contributed by atoms with Crippen LogP contribution in [0.2, 0.25) is 0 Å². The Kier molecular flexibility index (Phi) is 7.65.